The van der Waals surface area contributed by atoms with E-state index in [9.17, 15) is 0 Å². The van der Waals surface area contributed by atoms with Gasteiger partial charge in [0.25, 0.3) is 0 Å². The van der Waals surface area contributed by atoms with Crippen molar-refractivity contribution < 1.29 is 0 Å². The van der Waals surface area contributed by atoms with Gasteiger partial charge in [0.1, 0.15) is 0 Å². The molecule has 0 N–H and O–H groups in total. The summed E-state index contributed by atoms with van der Waals surface area (Å²) in [5.41, 5.74) is 25.1. The van der Waals surface area contributed by atoms with Crippen molar-refractivity contribution in [3.8, 4) is 77.9 Å². The summed E-state index contributed by atoms with van der Waals surface area (Å²) < 4.78 is 0. The van der Waals surface area contributed by atoms with Crippen LogP contribution in [0, 0.1) is 0 Å². The SMILES string of the molecule is c1ccc(-c2ccc(-c3ccc(N(c4ccc5c(c4)C4(c6ccccc6-c6ccccc64)c4ccccc4-5)c4c(-c5cccc(-c6ccccc6-c6ccccc6)c5)c5ccccc5c5ccccc45)cc3)cc2)cc1. The molecule has 0 heterocycles. The van der Waals surface area contributed by atoms with E-state index in [1.807, 2.05) is 0 Å². The minimum absolute atomic E-state index is 0.509. The highest BCUT2D eigenvalue weighted by atomic mass is 15.1. The summed E-state index contributed by atoms with van der Waals surface area (Å²) in [6.07, 6.45) is 0. The minimum Gasteiger partial charge on any atom is -0.309 e. The van der Waals surface area contributed by atoms with E-state index in [1.165, 1.54) is 116 Å². The third-order valence-electron chi connectivity index (χ3n) is 16.3. The summed E-state index contributed by atoms with van der Waals surface area (Å²) in [4.78, 5) is 2.57. The topological polar surface area (TPSA) is 3.24 Å². The lowest BCUT2D eigenvalue weighted by atomic mass is 9.70. The molecule has 0 saturated heterocycles. The second-order valence-electron chi connectivity index (χ2n) is 20.2. The maximum atomic E-state index is 2.57. The molecule has 354 valence electrons. The lowest BCUT2D eigenvalue weighted by Gasteiger charge is -2.33. The Hall–Kier alpha value is -9.82. The van der Waals surface area contributed by atoms with Crippen LogP contribution in [0.15, 0.2) is 297 Å². The van der Waals surface area contributed by atoms with Crippen molar-refractivity contribution in [3.05, 3.63) is 320 Å². The van der Waals surface area contributed by atoms with Gasteiger partial charge in [-0.2, -0.15) is 0 Å². The second kappa shape index (κ2) is 17.7. The molecule has 0 amide bonds. The van der Waals surface area contributed by atoms with Crippen molar-refractivity contribution in [3.63, 3.8) is 0 Å². The molecule has 13 aromatic rings. The molecular formula is C75H49N. The zero-order valence-electron chi connectivity index (χ0n) is 41.7. The Balaban J connectivity index is 0.999. The van der Waals surface area contributed by atoms with Gasteiger partial charge in [0.05, 0.1) is 11.1 Å². The predicted molar refractivity (Wildman–Crippen MR) is 320 cm³/mol. The van der Waals surface area contributed by atoms with E-state index in [2.05, 4.69) is 302 Å². The van der Waals surface area contributed by atoms with Crippen molar-refractivity contribution in [2.75, 3.05) is 4.90 Å². The van der Waals surface area contributed by atoms with Crippen molar-refractivity contribution in [1.29, 1.82) is 0 Å². The number of nitrogens with zero attached hydrogens (tertiary/aromatic N) is 1. The van der Waals surface area contributed by atoms with E-state index >= 15 is 0 Å². The summed E-state index contributed by atoms with van der Waals surface area (Å²) in [5, 5.41) is 4.82. The molecule has 0 bridgehead atoms. The molecule has 0 radical (unpaired) electrons. The normalized spacial score (nSPS) is 12.6. The highest BCUT2D eigenvalue weighted by Crippen LogP contribution is 2.63. The number of anilines is 3. The summed E-state index contributed by atoms with van der Waals surface area (Å²) >= 11 is 0. The van der Waals surface area contributed by atoms with E-state index in [4.69, 9.17) is 0 Å². The van der Waals surface area contributed by atoms with Gasteiger partial charge in [-0.3, -0.25) is 0 Å². The first-order valence-electron chi connectivity index (χ1n) is 26.4. The number of fused-ring (bicyclic) bond motifs is 13. The number of hydrogen-bond acceptors (Lipinski definition) is 1. The Morgan fingerprint density at radius 2 is 0.592 bits per heavy atom. The Labute approximate surface area is 443 Å². The maximum absolute atomic E-state index is 2.57. The first-order chi connectivity index (χ1) is 37.7. The molecule has 0 aromatic heterocycles. The number of rotatable bonds is 8. The van der Waals surface area contributed by atoms with E-state index in [1.54, 1.807) is 0 Å². The second-order valence-corrected chi connectivity index (χ2v) is 20.2. The van der Waals surface area contributed by atoms with Crippen molar-refractivity contribution in [2.45, 2.75) is 5.41 Å². The van der Waals surface area contributed by atoms with Crippen LogP contribution in [-0.2, 0) is 5.41 Å². The van der Waals surface area contributed by atoms with E-state index in [-0.39, 0.29) is 0 Å². The maximum Gasteiger partial charge on any atom is 0.0726 e. The molecule has 0 fully saturated rings. The van der Waals surface area contributed by atoms with E-state index < -0.39 is 5.41 Å². The van der Waals surface area contributed by atoms with Gasteiger partial charge in [-0.1, -0.05) is 267 Å². The molecule has 0 atom stereocenters. The van der Waals surface area contributed by atoms with E-state index in [0.717, 1.165) is 22.6 Å². The number of hydrogen-bond donors (Lipinski definition) is 0. The van der Waals surface area contributed by atoms with Crippen LogP contribution in [0.1, 0.15) is 22.3 Å². The van der Waals surface area contributed by atoms with Gasteiger partial charge in [0.2, 0.25) is 0 Å². The van der Waals surface area contributed by atoms with Crippen molar-refractivity contribution in [2.24, 2.45) is 0 Å². The molecule has 1 spiro atoms. The van der Waals surface area contributed by atoms with Crippen molar-refractivity contribution in [1.82, 2.24) is 0 Å². The average molecular weight is 964 g/mol. The predicted octanol–water partition coefficient (Wildman–Crippen LogP) is 20.1. The molecule has 15 rings (SSSR count). The molecule has 2 aliphatic rings. The molecule has 1 nitrogen and oxygen atoms in total. The number of benzene rings is 13. The summed E-state index contributed by atoms with van der Waals surface area (Å²) in [6.45, 7) is 0. The molecule has 13 aromatic carbocycles. The summed E-state index contributed by atoms with van der Waals surface area (Å²) in [5.74, 6) is 0. The first-order valence-corrected chi connectivity index (χ1v) is 26.4. The monoisotopic (exact) mass is 963 g/mol. The third-order valence-corrected chi connectivity index (χ3v) is 16.3. The van der Waals surface area contributed by atoms with Gasteiger partial charge in [0, 0.05) is 22.3 Å². The standard InChI is InChI=1S/C75H49N/c1-3-20-50(21-4-1)51-38-40-52(41-39-51)53-42-44-57(45-43-53)76(58-46-47-66-65-32-15-18-37-71(65)75(72(66)49-58)69-35-16-13-30-63(69)64-31-14-17-36-70(64)75)74-68-34-12-10-29-62(68)61-28-9-11-33-67(61)73(74)56-25-19-24-55(48-56)60-27-8-7-26-59(60)54-22-5-2-6-23-54/h1-49H. The van der Waals surface area contributed by atoms with Crippen molar-refractivity contribution >= 4 is 38.6 Å². The van der Waals surface area contributed by atoms with Crippen LogP contribution in [0.3, 0.4) is 0 Å². The lowest BCUT2D eigenvalue weighted by molar-refractivity contribution is 0.793. The van der Waals surface area contributed by atoms with Crippen LogP contribution in [0.5, 0.6) is 0 Å². The highest BCUT2D eigenvalue weighted by molar-refractivity contribution is 6.22. The van der Waals surface area contributed by atoms with Crippen LogP contribution in [0.2, 0.25) is 0 Å². The molecule has 2 aliphatic carbocycles. The highest BCUT2D eigenvalue weighted by Gasteiger charge is 2.51. The van der Waals surface area contributed by atoms with Crippen LogP contribution in [-0.4, -0.2) is 0 Å². The van der Waals surface area contributed by atoms with Gasteiger partial charge in [-0.15, -0.1) is 0 Å². The molecule has 76 heavy (non-hydrogen) atoms. The van der Waals surface area contributed by atoms with Gasteiger partial charge in [-0.25, -0.2) is 0 Å². The molecule has 0 unspecified atom stereocenters. The van der Waals surface area contributed by atoms with Gasteiger partial charge >= 0.3 is 0 Å². The van der Waals surface area contributed by atoms with Crippen LogP contribution in [0.25, 0.3) is 99.4 Å². The fourth-order valence-electron chi connectivity index (χ4n) is 13.0. The van der Waals surface area contributed by atoms with Gasteiger partial charge in [-0.05, 0) is 141 Å². The quantitative estimate of drug-likeness (QED) is 0.137. The third kappa shape index (κ3) is 6.72. The smallest absolute Gasteiger partial charge is 0.0726 e. The van der Waals surface area contributed by atoms with E-state index in [0.29, 0.717) is 0 Å². The van der Waals surface area contributed by atoms with Crippen LogP contribution < -0.4 is 4.90 Å². The summed E-state index contributed by atoms with van der Waals surface area (Å²) in [6, 6.07) is 110. The minimum atomic E-state index is -0.509. The fraction of sp³-hybridized carbons (Fsp3) is 0.0133. The Morgan fingerprint density at radius 1 is 0.211 bits per heavy atom. The van der Waals surface area contributed by atoms with Crippen LogP contribution in [0.4, 0.5) is 17.1 Å². The largest absolute Gasteiger partial charge is 0.309 e. The average Bonchev–Trinajstić information content (AvgIpc) is 4.16. The van der Waals surface area contributed by atoms with Gasteiger partial charge < -0.3 is 4.90 Å². The molecular weight excluding hydrogens is 915 g/mol. The lowest BCUT2D eigenvalue weighted by Crippen LogP contribution is -2.26. The summed E-state index contributed by atoms with van der Waals surface area (Å²) in [7, 11) is 0. The Bertz CT molecular complexity index is 4320. The van der Waals surface area contributed by atoms with Gasteiger partial charge in [0.15, 0.2) is 0 Å². The Kier molecular flexibility index (Phi) is 10.2. The zero-order chi connectivity index (χ0) is 50.2. The fourth-order valence-corrected chi connectivity index (χ4v) is 13.0. The molecule has 0 aliphatic heterocycles. The van der Waals surface area contributed by atoms with Crippen LogP contribution >= 0.6 is 0 Å². The Morgan fingerprint density at radius 3 is 1.17 bits per heavy atom. The zero-order valence-corrected chi connectivity index (χ0v) is 41.7. The molecule has 1 heteroatoms. The molecule has 0 saturated carbocycles. The first kappa shape index (κ1) is 43.7.